The molecule has 4 rings (SSSR count). The lowest BCUT2D eigenvalue weighted by atomic mass is 10.2. The Balaban J connectivity index is 1.49. The van der Waals surface area contributed by atoms with E-state index in [4.69, 9.17) is 44.3 Å². The Morgan fingerprint density at radius 3 is 2.37 bits per heavy atom. The van der Waals surface area contributed by atoms with Gasteiger partial charge in [0.25, 0.3) is 15.9 Å². The molecule has 1 amide bonds. The second-order valence-corrected chi connectivity index (χ2v) is 13.1. The highest BCUT2D eigenvalue weighted by Crippen LogP contribution is 2.37. The van der Waals surface area contributed by atoms with Gasteiger partial charge in [0, 0.05) is 0 Å². The maximum absolute atomic E-state index is 13.5. The van der Waals surface area contributed by atoms with E-state index in [1.54, 1.807) is 60.7 Å². The average molecular weight is 726 g/mol. The number of carbonyl (C=O) groups excluding carboxylic acids is 1. The fourth-order valence-electron chi connectivity index (χ4n) is 3.87. The summed E-state index contributed by atoms with van der Waals surface area (Å²) in [6.45, 7) is 1.49. The summed E-state index contributed by atoms with van der Waals surface area (Å²) in [5, 5.41) is 5.06. The zero-order valence-electron chi connectivity index (χ0n) is 22.9. The highest BCUT2D eigenvalue weighted by Gasteiger charge is 2.28. The number of halogens is 4. The second-order valence-electron chi connectivity index (χ2n) is 9.14. The molecule has 0 unspecified atom stereocenters. The molecular weight excluding hydrogens is 701 g/mol. The first-order valence-corrected chi connectivity index (χ1v) is 16.0. The smallest absolute Gasteiger partial charge is 0.264 e. The third kappa shape index (κ3) is 8.21. The number of anilines is 1. The van der Waals surface area contributed by atoms with Crippen molar-refractivity contribution in [3.8, 4) is 11.5 Å². The van der Waals surface area contributed by atoms with Gasteiger partial charge in [-0.1, -0.05) is 70.7 Å². The van der Waals surface area contributed by atoms with Crippen LogP contribution in [0, 0.1) is 6.92 Å². The number of ether oxygens (including phenoxy) is 2. The maximum atomic E-state index is 13.5. The van der Waals surface area contributed by atoms with Crippen molar-refractivity contribution in [1.29, 1.82) is 0 Å². The first kappa shape index (κ1) is 32.6. The summed E-state index contributed by atoms with van der Waals surface area (Å²) >= 11 is 21.9. The number of rotatable bonds is 11. The fourth-order valence-corrected chi connectivity index (χ4v) is 6.50. The third-order valence-electron chi connectivity index (χ3n) is 6.04. The van der Waals surface area contributed by atoms with Gasteiger partial charge in [0.1, 0.15) is 13.2 Å². The Labute approximate surface area is 273 Å². The number of methoxy groups -OCH3 is 1. The van der Waals surface area contributed by atoms with Gasteiger partial charge in [0.2, 0.25) is 0 Å². The number of carbonyl (C=O) groups is 1. The molecular formula is C30H25BrCl3N3O5S. The van der Waals surface area contributed by atoms with Crippen molar-refractivity contribution in [2.75, 3.05) is 18.0 Å². The highest BCUT2D eigenvalue weighted by molar-refractivity contribution is 9.10. The molecule has 0 aliphatic rings. The number of aryl methyl sites for hydroxylation is 1. The van der Waals surface area contributed by atoms with Crippen molar-refractivity contribution in [2.24, 2.45) is 5.10 Å². The van der Waals surface area contributed by atoms with E-state index in [1.165, 1.54) is 31.5 Å². The SMILES string of the molecule is COc1cc(/C=N\NC(=O)CN(c2ccccc2Cl)S(=O)(=O)c2ccc(C)cc2)cc(Br)c1OCc1ccc(Cl)c(Cl)c1. The second kappa shape index (κ2) is 14.5. The Morgan fingerprint density at radius 2 is 1.70 bits per heavy atom. The molecule has 0 saturated carbocycles. The van der Waals surface area contributed by atoms with E-state index < -0.39 is 22.5 Å². The maximum Gasteiger partial charge on any atom is 0.264 e. The van der Waals surface area contributed by atoms with Gasteiger partial charge in [0.15, 0.2) is 11.5 Å². The van der Waals surface area contributed by atoms with E-state index >= 15 is 0 Å². The summed E-state index contributed by atoms with van der Waals surface area (Å²) in [5.41, 5.74) is 4.82. The Hall–Kier alpha value is -3.28. The minimum Gasteiger partial charge on any atom is -0.493 e. The molecule has 0 aromatic heterocycles. The Morgan fingerprint density at radius 1 is 0.977 bits per heavy atom. The van der Waals surface area contributed by atoms with Crippen LogP contribution in [0.5, 0.6) is 11.5 Å². The summed E-state index contributed by atoms with van der Waals surface area (Å²) in [6.07, 6.45) is 1.39. The molecule has 0 aliphatic heterocycles. The number of hydrogen-bond donors (Lipinski definition) is 1. The van der Waals surface area contributed by atoms with Crippen LogP contribution in [0.2, 0.25) is 15.1 Å². The molecule has 8 nitrogen and oxygen atoms in total. The van der Waals surface area contributed by atoms with E-state index in [2.05, 4.69) is 26.5 Å². The van der Waals surface area contributed by atoms with Crippen LogP contribution in [-0.4, -0.2) is 34.2 Å². The van der Waals surface area contributed by atoms with Crippen molar-refractivity contribution in [3.05, 3.63) is 115 Å². The van der Waals surface area contributed by atoms with Crippen molar-refractivity contribution >= 4 is 78.6 Å². The molecule has 13 heteroatoms. The standard InChI is InChI=1S/C30H25BrCl3N3O5S/c1-19-7-10-22(11-8-19)43(39,40)37(27-6-4-3-5-25(27)33)17-29(38)36-35-16-21-13-23(31)30(28(15-21)41-2)42-18-20-9-12-24(32)26(34)14-20/h3-16H,17-18H2,1-2H3,(H,36,38)/b35-16-. The molecule has 43 heavy (non-hydrogen) atoms. The van der Waals surface area contributed by atoms with Crippen LogP contribution < -0.4 is 19.2 Å². The van der Waals surface area contributed by atoms with Gasteiger partial charge in [-0.2, -0.15) is 5.10 Å². The quantitative estimate of drug-likeness (QED) is 0.127. The highest BCUT2D eigenvalue weighted by atomic mass is 79.9. The van der Waals surface area contributed by atoms with Gasteiger partial charge in [-0.25, -0.2) is 13.8 Å². The molecule has 4 aromatic rings. The molecule has 0 atom stereocenters. The van der Waals surface area contributed by atoms with Crippen LogP contribution in [0.3, 0.4) is 0 Å². The lowest BCUT2D eigenvalue weighted by Gasteiger charge is -2.24. The minimum atomic E-state index is -4.13. The zero-order valence-corrected chi connectivity index (χ0v) is 27.5. The summed E-state index contributed by atoms with van der Waals surface area (Å²) in [5.74, 6) is 0.183. The van der Waals surface area contributed by atoms with Gasteiger partial charge < -0.3 is 9.47 Å². The van der Waals surface area contributed by atoms with Crippen molar-refractivity contribution in [1.82, 2.24) is 5.43 Å². The molecule has 0 spiro atoms. The third-order valence-corrected chi connectivity index (χ3v) is 9.46. The molecule has 1 N–H and O–H groups in total. The number of nitrogens with zero attached hydrogens (tertiary/aromatic N) is 2. The fraction of sp³-hybridized carbons (Fsp3) is 0.133. The topological polar surface area (TPSA) is 97.3 Å². The molecule has 0 bridgehead atoms. The van der Waals surface area contributed by atoms with Gasteiger partial charge in [-0.15, -0.1) is 0 Å². The van der Waals surface area contributed by atoms with Crippen LogP contribution in [0.15, 0.2) is 93.3 Å². The zero-order chi connectivity index (χ0) is 31.1. The van der Waals surface area contributed by atoms with Gasteiger partial charge in [0.05, 0.1) is 43.4 Å². The summed E-state index contributed by atoms with van der Waals surface area (Å²) in [7, 11) is -2.64. The number of amides is 1. The molecule has 0 aliphatic carbocycles. The molecule has 0 saturated heterocycles. The number of nitrogens with one attached hydrogen (secondary N) is 1. The van der Waals surface area contributed by atoms with Gasteiger partial charge in [-0.3, -0.25) is 9.10 Å². The van der Waals surface area contributed by atoms with Crippen molar-refractivity contribution in [3.63, 3.8) is 0 Å². The molecule has 224 valence electrons. The minimum absolute atomic E-state index is 0.0211. The molecule has 0 radical (unpaired) electrons. The number of hydrogen-bond acceptors (Lipinski definition) is 6. The average Bonchev–Trinajstić information content (AvgIpc) is 2.97. The van der Waals surface area contributed by atoms with Crippen LogP contribution in [0.25, 0.3) is 0 Å². The molecule has 4 aromatic carbocycles. The Kier molecular flexibility index (Phi) is 11.0. The van der Waals surface area contributed by atoms with Crippen LogP contribution in [0.4, 0.5) is 5.69 Å². The monoisotopic (exact) mass is 723 g/mol. The van der Waals surface area contributed by atoms with Crippen molar-refractivity contribution in [2.45, 2.75) is 18.4 Å². The number of sulfonamides is 1. The predicted octanol–water partition coefficient (Wildman–Crippen LogP) is 7.65. The molecule has 0 fully saturated rings. The van der Waals surface area contributed by atoms with E-state index in [-0.39, 0.29) is 22.2 Å². The van der Waals surface area contributed by atoms with E-state index in [9.17, 15) is 13.2 Å². The van der Waals surface area contributed by atoms with Crippen molar-refractivity contribution < 1.29 is 22.7 Å². The summed E-state index contributed by atoms with van der Waals surface area (Å²) < 4.78 is 40.1. The van der Waals surface area contributed by atoms with Crippen LogP contribution in [-0.2, 0) is 21.4 Å². The lowest BCUT2D eigenvalue weighted by Crippen LogP contribution is -2.39. The van der Waals surface area contributed by atoms with Gasteiger partial charge >= 0.3 is 0 Å². The van der Waals surface area contributed by atoms with E-state index in [1.807, 2.05) is 6.92 Å². The summed E-state index contributed by atoms with van der Waals surface area (Å²) in [4.78, 5) is 12.9. The van der Waals surface area contributed by atoms with Crippen LogP contribution in [0.1, 0.15) is 16.7 Å². The summed E-state index contributed by atoms with van der Waals surface area (Å²) in [6, 6.07) is 21.3. The number of hydrazone groups is 1. The van der Waals surface area contributed by atoms with E-state index in [0.29, 0.717) is 31.6 Å². The lowest BCUT2D eigenvalue weighted by molar-refractivity contribution is -0.119. The first-order chi connectivity index (χ1) is 20.5. The number of para-hydroxylation sites is 1. The molecule has 0 heterocycles. The van der Waals surface area contributed by atoms with Crippen LogP contribution >= 0.6 is 50.7 Å². The van der Waals surface area contributed by atoms with Gasteiger partial charge in [-0.05, 0) is 82.5 Å². The normalized spacial score (nSPS) is 11.4. The first-order valence-electron chi connectivity index (χ1n) is 12.6. The van der Waals surface area contributed by atoms with E-state index in [0.717, 1.165) is 15.4 Å². The number of benzene rings is 4. The Bertz CT molecular complexity index is 1770. The predicted molar refractivity (Wildman–Crippen MR) is 174 cm³/mol. The largest absolute Gasteiger partial charge is 0.493 e.